The van der Waals surface area contributed by atoms with Gasteiger partial charge in [0.2, 0.25) is 10.0 Å². The van der Waals surface area contributed by atoms with Gasteiger partial charge in [0.1, 0.15) is 0 Å². The van der Waals surface area contributed by atoms with Gasteiger partial charge < -0.3 is 5.32 Å². The van der Waals surface area contributed by atoms with E-state index in [1.54, 1.807) is 24.3 Å². The molecule has 0 atom stereocenters. The third-order valence-corrected chi connectivity index (χ3v) is 7.18. The fourth-order valence-electron chi connectivity index (χ4n) is 3.93. The van der Waals surface area contributed by atoms with Crippen molar-refractivity contribution in [2.45, 2.75) is 26.9 Å². The molecule has 34 heavy (non-hydrogen) atoms. The van der Waals surface area contributed by atoms with E-state index in [1.807, 2.05) is 56.3 Å². The van der Waals surface area contributed by atoms with Gasteiger partial charge in [-0.05, 0) is 71.1 Å². The van der Waals surface area contributed by atoms with Crippen molar-refractivity contribution in [3.8, 4) is 0 Å². The van der Waals surface area contributed by atoms with Gasteiger partial charge in [-0.2, -0.15) is 0 Å². The van der Waals surface area contributed by atoms with Crippen LogP contribution in [-0.4, -0.2) is 20.6 Å². The van der Waals surface area contributed by atoms with Crippen molar-refractivity contribution in [2.24, 2.45) is 0 Å². The first-order chi connectivity index (χ1) is 16.2. The van der Waals surface area contributed by atoms with Crippen molar-refractivity contribution in [3.05, 3.63) is 113 Å². The number of nitrogens with one attached hydrogen (secondary N) is 1. The third-order valence-electron chi connectivity index (χ3n) is 6.04. The van der Waals surface area contributed by atoms with E-state index in [2.05, 4.69) is 23.5 Å². The van der Waals surface area contributed by atoms with E-state index >= 15 is 0 Å². The van der Waals surface area contributed by atoms with Crippen molar-refractivity contribution in [1.29, 1.82) is 0 Å². The van der Waals surface area contributed by atoms with E-state index in [-0.39, 0.29) is 12.5 Å². The molecule has 0 aliphatic heterocycles. The molecule has 1 N–H and O–H groups in total. The lowest BCUT2D eigenvalue weighted by Crippen LogP contribution is -2.29. The number of hydrogen-bond acceptors (Lipinski definition) is 3. The zero-order valence-electron chi connectivity index (χ0n) is 19.6. The van der Waals surface area contributed by atoms with Crippen LogP contribution >= 0.6 is 0 Å². The van der Waals surface area contributed by atoms with E-state index < -0.39 is 10.0 Å². The number of anilines is 1. The van der Waals surface area contributed by atoms with Crippen LogP contribution in [0, 0.1) is 13.8 Å². The molecule has 0 saturated carbocycles. The second kappa shape index (κ2) is 9.69. The lowest BCUT2D eigenvalue weighted by atomic mass is 10.0. The highest BCUT2D eigenvalue weighted by Gasteiger charge is 2.18. The molecule has 0 fully saturated rings. The van der Waals surface area contributed by atoms with Crippen molar-refractivity contribution in [3.63, 3.8) is 0 Å². The summed E-state index contributed by atoms with van der Waals surface area (Å²) in [6.45, 7) is 4.58. The van der Waals surface area contributed by atoms with Crippen LogP contribution in [0.25, 0.3) is 10.8 Å². The standard InChI is InChI=1S/C28H28N2O3S/c1-20-11-16-26(17-21(20)2)30(34(3,32)33)19-22-12-14-24(15-13-22)28(31)29-18-25-9-6-8-23-7-4-5-10-27(23)25/h4-17H,18-19H2,1-3H3,(H,29,31). The molecule has 5 nitrogen and oxygen atoms in total. The number of amides is 1. The van der Waals surface area contributed by atoms with E-state index in [1.165, 1.54) is 10.6 Å². The Bertz CT molecular complexity index is 1440. The maximum absolute atomic E-state index is 12.7. The van der Waals surface area contributed by atoms with Crippen molar-refractivity contribution < 1.29 is 13.2 Å². The molecule has 6 heteroatoms. The summed E-state index contributed by atoms with van der Waals surface area (Å²) in [6.07, 6.45) is 1.21. The van der Waals surface area contributed by atoms with Crippen LogP contribution in [0.15, 0.2) is 84.9 Å². The van der Waals surface area contributed by atoms with Crippen molar-refractivity contribution in [1.82, 2.24) is 5.32 Å². The van der Waals surface area contributed by atoms with Gasteiger partial charge in [-0.25, -0.2) is 8.42 Å². The zero-order valence-corrected chi connectivity index (χ0v) is 20.4. The van der Waals surface area contributed by atoms with E-state index in [0.717, 1.165) is 33.0 Å². The van der Waals surface area contributed by atoms with Crippen LogP contribution in [0.2, 0.25) is 0 Å². The van der Waals surface area contributed by atoms with Gasteiger partial charge in [0, 0.05) is 12.1 Å². The Morgan fingerprint density at radius 3 is 2.26 bits per heavy atom. The summed E-state index contributed by atoms with van der Waals surface area (Å²) in [5.74, 6) is -0.173. The minimum absolute atomic E-state index is 0.173. The number of benzene rings is 4. The van der Waals surface area contributed by atoms with Crippen LogP contribution in [0.3, 0.4) is 0 Å². The Morgan fingerprint density at radius 1 is 0.853 bits per heavy atom. The first kappa shape index (κ1) is 23.5. The maximum Gasteiger partial charge on any atom is 0.251 e. The smallest absolute Gasteiger partial charge is 0.251 e. The van der Waals surface area contributed by atoms with Crippen LogP contribution < -0.4 is 9.62 Å². The Hall–Kier alpha value is -3.64. The zero-order chi connectivity index (χ0) is 24.3. The molecule has 0 unspecified atom stereocenters. The minimum Gasteiger partial charge on any atom is -0.348 e. The summed E-state index contributed by atoms with van der Waals surface area (Å²) in [5, 5.41) is 5.24. The number of nitrogens with zero attached hydrogens (tertiary/aromatic N) is 1. The van der Waals surface area contributed by atoms with E-state index in [9.17, 15) is 13.2 Å². The van der Waals surface area contributed by atoms with Gasteiger partial charge in [0.25, 0.3) is 5.91 Å². The van der Waals surface area contributed by atoms with Crippen LogP contribution in [0.1, 0.15) is 32.6 Å². The minimum atomic E-state index is -3.48. The highest BCUT2D eigenvalue weighted by Crippen LogP contribution is 2.24. The number of aryl methyl sites for hydroxylation is 2. The van der Waals surface area contributed by atoms with E-state index in [0.29, 0.717) is 17.8 Å². The fraction of sp³-hybridized carbons (Fsp3) is 0.179. The predicted molar refractivity (Wildman–Crippen MR) is 139 cm³/mol. The van der Waals surface area contributed by atoms with Gasteiger partial charge >= 0.3 is 0 Å². The molecule has 0 bridgehead atoms. The van der Waals surface area contributed by atoms with Gasteiger partial charge in [0.15, 0.2) is 0 Å². The Balaban J connectivity index is 1.47. The average Bonchev–Trinajstić information content (AvgIpc) is 2.82. The molecular formula is C28H28N2O3S. The quantitative estimate of drug-likeness (QED) is 0.394. The second-order valence-electron chi connectivity index (χ2n) is 8.56. The topological polar surface area (TPSA) is 66.5 Å². The monoisotopic (exact) mass is 472 g/mol. The number of hydrogen-bond donors (Lipinski definition) is 1. The molecule has 0 aliphatic carbocycles. The molecule has 0 spiro atoms. The van der Waals surface area contributed by atoms with Gasteiger partial charge in [-0.1, -0.05) is 60.7 Å². The third kappa shape index (κ3) is 5.29. The summed E-state index contributed by atoms with van der Waals surface area (Å²) < 4.78 is 26.3. The summed E-state index contributed by atoms with van der Waals surface area (Å²) in [4.78, 5) is 12.7. The molecule has 174 valence electrons. The number of carbonyl (C=O) groups excluding carboxylic acids is 1. The number of carbonyl (C=O) groups is 1. The molecule has 4 rings (SSSR count). The largest absolute Gasteiger partial charge is 0.348 e. The number of sulfonamides is 1. The highest BCUT2D eigenvalue weighted by molar-refractivity contribution is 7.92. The summed E-state index contributed by atoms with van der Waals surface area (Å²) in [7, 11) is -3.48. The van der Waals surface area contributed by atoms with Gasteiger partial charge in [0.05, 0.1) is 18.5 Å². The summed E-state index contributed by atoms with van der Waals surface area (Å²) in [5.41, 5.74) is 5.15. The SMILES string of the molecule is Cc1ccc(N(Cc2ccc(C(=O)NCc3cccc4ccccc34)cc2)S(C)(=O)=O)cc1C. The van der Waals surface area contributed by atoms with Crippen LogP contribution in [0.5, 0.6) is 0 Å². The van der Waals surface area contributed by atoms with E-state index in [4.69, 9.17) is 0 Å². The van der Waals surface area contributed by atoms with Crippen molar-refractivity contribution in [2.75, 3.05) is 10.6 Å². The first-order valence-corrected chi connectivity index (χ1v) is 13.0. The Labute approximate surface area is 201 Å². The van der Waals surface area contributed by atoms with Gasteiger partial charge in [-0.3, -0.25) is 9.10 Å². The number of fused-ring (bicyclic) bond motifs is 1. The van der Waals surface area contributed by atoms with Gasteiger partial charge in [-0.15, -0.1) is 0 Å². The lowest BCUT2D eigenvalue weighted by Gasteiger charge is -2.23. The maximum atomic E-state index is 12.7. The highest BCUT2D eigenvalue weighted by atomic mass is 32.2. The lowest BCUT2D eigenvalue weighted by molar-refractivity contribution is 0.0951. The van der Waals surface area contributed by atoms with Crippen molar-refractivity contribution >= 4 is 32.4 Å². The Kier molecular flexibility index (Phi) is 6.70. The predicted octanol–water partition coefficient (Wildman–Crippen LogP) is 5.35. The first-order valence-electron chi connectivity index (χ1n) is 11.1. The molecule has 0 aromatic heterocycles. The summed E-state index contributed by atoms with van der Waals surface area (Å²) >= 11 is 0. The van der Waals surface area contributed by atoms with Crippen LogP contribution in [-0.2, 0) is 23.1 Å². The molecule has 4 aromatic rings. The molecule has 0 saturated heterocycles. The Morgan fingerprint density at radius 2 is 1.56 bits per heavy atom. The van der Waals surface area contributed by atoms with Crippen LogP contribution in [0.4, 0.5) is 5.69 Å². The summed E-state index contributed by atoms with van der Waals surface area (Å²) in [6, 6.07) is 26.8. The second-order valence-corrected chi connectivity index (χ2v) is 10.5. The molecular weight excluding hydrogens is 444 g/mol. The average molecular weight is 473 g/mol. The fourth-order valence-corrected chi connectivity index (χ4v) is 4.81. The molecule has 0 aliphatic rings. The molecule has 4 aromatic carbocycles. The molecule has 0 radical (unpaired) electrons. The number of rotatable bonds is 7. The molecule has 1 amide bonds. The molecule has 0 heterocycles. The normalized spacial score (nSPS) is 11.4.